The molecule has 0 bridgehead atoms. The van der Waals surface area contributed by atoms with Gasteiger partial charge in [-0.25, -0.2) is 4.98 Å². The number of nitriles is 1. The number of pyridine rings is 1. The van der Waals surface area contributed by atoms with Gasteiger partial charge >= 0.3 is 7.12 Å². The van der Waals surface area contributed by atoms with E-state index in [1.807, 2.05) is 52.7 Å². The van der Waals surface area contributed by atoms with E-state index < -0.39 is 7.12 Å². The van der Waals surface area contributed by atoms with Crippen LogP contribution in [0.3, 0.4) is 0 Å². The summed E-state index contributed by atoms with van der Waals surface area (Å²) in [4.78, 5) is 4.11. The van der Waals surface area contributed by atoms with E-state index in [0.29, 0.717) is 5.69 Å². The van der Waals surface area contributed by atoms with E-state index in [1.54, 1.807) is 6.20 Å². The van der Waals surface area contributed by atoms with E-state index in [9.17, 15) is 0 Å². The predicted molar refractivity (Wildman–Crippen MR) is 78.8 cm³/mol. The molecular weight excluding hydrogens is 251 g/mol. The Balaban J connectivity index is 2.20. The molecule has 1 aromatic heterocycles. The Kier molecular flexibility index (Phi) is 3.72. The maximum Gasteiger partial charge on any atom is 0.487 e. The third-order valence-electron chi connectivity index (χ3n) is 3.86. The van der Waals surface area contributed by atoms with Gasteiger partial charge in [0.05, 0.1) is 11.2 Å². The molecule has 0 aromatic carbocycles. The first-order valence-corrected chi connectivity index (χ1v) is 6.66. The van der Waals surface area contributed by atoms with Gasteiger partial charge in [-0.3, -0.25) is 0 Å². The molecule has 0 unspecified atom stereocenters. The van der Waals surface area contributed by atoms with Crippen LogP contribution in [0.25, 0.3) is 6.08 Å². The monoisotopic (exact) mass is 270 g/mol. The van der Waals surface area contributed by atoms with Crippen molar-refractivity contribution in [1.29, 1.82) is 5.26 Å². The van der Waals surface area contributed by atoms with Crippen molar-refractivity contribution in [1.82, 2.24) is 4.98 Å². The highest BCUT2D eigenvalue weighted by Gasteiger charge is 2.49. The van der Waals surface area contributed by atoms with Gasteiger partial charge in [-0.15, -0.1) is 0 Å². The summed E-state index contributed by atoms with van der Waals surface area (Å²) in [6, 6.07) is 4.01. The summed E-state index contributed by atoms with van der Waals surface area (Å²) in [5.41, 5.74) is 1.48. The average Bonchev–Trinajstić information content (AvgIpc) is 2.55. The SMILES string of the molecule is Cc1cnc(C#N)c(/C=C/B2OC(C)(C)C(C)(C)O2)c1. The third kappa shape index (κ3) is 2.77. The first-order chi connectivity index (χ1) is 9.25. The van der Waals surface area contributed by atoms with Crippen LogP contribution in [0.4, 0.5) is 0 Å². The highest BCUT2D eigenvalue weighted by atomic mass is 16.7. The van der Waals surface area contributed by atoms with Crippen molar-refractivity contribution < 1.29 is 9.31 Å². The normalized spacial score (nSPS) is 20.3. The summed E-state index contributed by atoms with van der Waals surface area (Å²) >= 11 is 0. The molecule has 104 valence electrons. The molecule has 0 radical (unpaired) electrons. The van der Waals surface area contributed by atoms with Crippen LogP contribution in [0.5, 0.6) is 0 Å². The molecule has 5 heteroatoms. The molecule has 1 aliphatic rings. The molecule has 0 atom stereocenters. The minimum Gasteiger partial charge on any atom is -0.400 e. The minimum absolute atomic E-state index is 0.356. The van der Waals surface area contributed by atoms with Gasteiger partial charge < -0.3 is 9.31 Å². The molecule has 0 N–H and O–H groups in total. The summed E-state index contributed by atoms with van der Waals surface area (Å²) in [6.07, 6.45) is 3.52. The lowest BCUT2D eigenvalue weighted by Crippen LogP contribution is -2.41. The second-order valence-electron chi connectivity index (χ2n) is 6.05. The summed E-state index contributed by atoms with van der Waals surface area (Å²) in [5, 5.41) is 9.06. The van der Waals surface area contributed by atoms with Crippen LogP contribution in [0.1, 0.15) is 44.5 Å². The average molecular weight is 270 g/mol. The number of aromatic nitrogens is 1. The van der Waals surface area contributed by atoms with Gasteiger partial charge in [0, 0.05) is 11.8 Å². The third-order valence-corrected chi connectivity index (χ3v) is 3.86. The van der Waals surface area contributed by atoms with Gasteiger partial charge in [-0.1, -0.05) is 12.1 Å². The van der Waals surface area contributed by atoms with E-state index in [-0.39, 0.29) is 11.2 Å². The standard InChI is InChI=1S/C15H19BN2O2/c1-11-8-12(13(9-17)18-10-11)6-7-16-19-14(2,3)15(4,5)20-16/h6-8,10H,1-5H3/b7-6+. The van der Waals surface area contributed by atoms with Gasteiger partial charge in [-0.2, -0.15) is 5.26 Å². The van der Waals surface area contributed by atoms with Crippen molar-refractivity contribution in [2.45, 2.75) is 45.8 Å². The topological polar surface area (TPSA) is 55.1 Å². The zero-order valence-electron chi connectivity index (χ0n) is 12.6. The molecule has 0 aliphatic carbocycles. The van der Waals surface area contributed by atoms with Crippen molar-refractivity contribution in [2.75, 3.05) is 0 Å². The molecule has 0 amide bonds. The highest BCUT2D eigenvalue weighted by molar-refractivity contribution is 6.52. The van der Waals surface area contributed by atoms with Gasteiger partial charge in [0.25, 0.3) is 0 Å². The first kappa shape index (κ1) is 14.8. The molecule has 2 rings (SSSR count). The molecule has 1 fully saturated rings. The molecule has 1 aliphatic heterocycles. The lowest BCUT2D eigenvalue weighted by Gasteiger charge is -2.32. The summed E-state index contributed by atoms with van der Waals surface area (Å²) in [7, 11) is -0.410. The summed E-state index contributed by atoms with van der Waals surface area (Å²) in [6.45, 7) is 9.98. The van der Waals surface area contributed by atoms with Gasteiger partial charge in [0.2, 0.25) is 0 Å². The number of hydrogen-bond acceptors (Lipinski definition) is 4. The summed E-state index contributed by atoms with van der Waals surface area (Å²) in [5.74, 6) is 1.83. The molecule has 0 spiro atoms. The quantitative estimate of drug-likeness (QED) is 0.775. The summed E-state index contributed by atoms with van der Waals surface area (Å²) < 4.78 is 11.8. The minimum atomic E-state index is -0.410. The number of rotatable bonds is 2. The number of hydrogen-bond donors (Lipinski definition) is 0. The van der Waals surface area contributed by atoms with Gasteiger partial charge in [0.15, 0.2) is 0 Å². The molecule has 0 saturated carbocycles. The van der Waals surface area contributed by atoms with Crippen molar-refractivity contribution in [3.05, 3.63) is 35.1 Å². The zero-order chi connectivity index (χ0) is 15.0. The maximum absolute atomic E-state index is 9.06. The highest BCUT2D eigenvalue weighted by Crippen LogP contribution is 2.37. The number of nitrogens with zero attached hydrogens (tertiary/aromatic N) is 2. The Morgan fingerprint density at radius 1 is 1.25 bits per heavy atom. The Morgan fingerprint density at radius 2 is 1.85 bits per heavy atom. The van der Waals surface area contributed by atoms with Crippen LogP contribution < -0.4 is 0 Å². The smallest absolute Gasteiger partial charge is 0.400 e. The van der Waals surface area contributed by atoms with Crippen molar-refractivity contribution in [2.24, 2.45) is 0 Å². The molecule has 2 heterocycles. The fourth-order valence-corrected chi connectivity index (χ4v) is 1.96. The lowest BCUT2D eigenvalue weighted by atomic mass is 9.89. The van der Waals surface area contributed by atoms with Gasteiger partial charge in [0.1, 0.15) is 11.8 Å². The van der Waals surface area contributed by atoms with Crippen LogP contribution in [0.15, 0.2) is 18.2 Å². The fourth-order valence-electron chi connectivity index (χ4n) is 1.96. The van der Waals surface area contributed by atoms with E-state index in [1.165, 1.54) is 0 Å². The van der Waals surface area contributed by atoms with E-state index >= 15 is 0 Å². The second kappa shape index (κ2) is 5.04. The Labute approximate surface area is 120 Å². The Bertz CT molecular complexity index is 572. The van der Waals surface area contributed by atoms with Crippen molar-refractivity contribution >= 4 is 13.2 Å². The van der Waals surface area contributed by atoms with E-state index in [2.05, 4.69) is 11.1 Å². The molecule has 20 heavy (non-hydrogen) atoms. The van der Waals surface area contributed by atoms with Crippen LogP contribution in [0.2, 0.25) is 0 Å². The van der Waals surface area contributed by atoms with Crippen molar-refractivity contribution in [3.8, 4) is 6.07 Å². The van der Waals surface area contributed by atoms with E-state index in [4.69, 9.17) is 14.6 Å². The Morgan fingerprint density at radius 3 is 2.40 bits per heavy atom. The fraction of sp³-hybridized carbons (Fsp3) is 0.467. The molecule has 1 aromatic rings. The largest absolute Gasteiger partial charge is 0.487 e. The first-order valence-electron chi connectivity index (χ1n) is 6.66. The van der Waals surface area contributed by atoms with Crippen LogP contribution in [0, 0.1) is 18.3 Å². The zero-order valence-corrected chi connectivity index (χ0v) is 12.6. The maximum atomic E-state index is 9.06. The van der Waals surface area contributed by atoms with Crippen molar-refractivity contribution in [3.63, 3.8) is 0 Å². The molecule has 4 nitrogen and oxygen atoms in total. The van der Waals surface area contributed by atoms with Crippen LogP contribution in [-0.4, -0.2) is 23.3 Å². The number of aryl methyl sites for hydroxylation is 1. The Hall–Kier alpha value is -1.64. The van der Waals surface area contributed by atoms with Gasteiger partial charge in [-0.05, 0) is 46.2 Å². The second-order valence-corrected chi connectivity index (χ2v) is 6.05. The lowest BCUT2D eigenvalue weighted by molar-refractivity contribution is 0.00578. The van der Waals surface area contributed by atoms with E-state index in [0.717, 1.165) is 11.1 Å². The van der Waals surface area contributed by atoms with Crippen LogP contribution >= 0.6 is 0 Å². The molecular formula is C15H19BN2O2. The molecule has 1 saturated heterocycles. The van der Waals surface area contributed by atoms with Crippen LogP contribution in [-0.2, 0) is 9.31 Å². The predicted octanol–water partition coefficient (Wildman–Crippen LogP) is 2.91.